The molecule has 1 aliphatic heterocycles. The molecule has 1 amide bonds. The van der Waals surface area contributed by atoms with Crippen LogP contribution in [0.2, 0.25) is 0 Å². The third kappa shape index (κ3) is 5.76. The van der Waals surface area contributed by atoms with Crippen LogP contribution in [-0.2, 0) is 22.7 Å². The molecule has 5 rings (SSSR count). The summed E-state index contributed by atoms with van der Waals surface area (Å²) in [7, 11) is 1.56. The van der Waals surface area contributed by atoms with Crippen LogP contribution < -0.4 is 9.47 Å². The smallest absolute Gasteiger partial charge is 0.295 e. The molecule has 0 saturated carbocycles. The Kier molecular flexibility index (Phi) is 7.96. The van der Waals surface area contributed by atoms with Crippen molar-refractivity contribution in [2.75, 3.05) is 13.7 Å². The summed E-state index contributed by atoms with van der Waals surface area (Å²) in [5.41, 5.74) is 3.37. The fourth-order valence-electron chi connectivity index (χ4n) is 4.94. The summed E-state index contributed by atoms with van der Waals surface area (Å²) < 4.78 is 13.2. The average Bonchev–Trinajstić information content (AvgIpc) is 3.58. The van der Waals surface area contributed by atoms with E-state index in [9.17, 15) is 14.7 Å². The van der Waals surface area contributed by atoms with Crippen LogP contribution in [0.4, 0.5) is 0 Å². The summed E-state index contributed by atoms with van der Waals surface area (Å²) in [5.74, 6) is -0.363. The Morgan fingerprint density at radius 2 is 1.77 bits per heavy atom. The fourth-order valence-corrected chi connectivity index (χ4v) is 4.94. The van der Waals surface area contributed by atoms with Crippen molar-refractivity contribution in [1.29, 1.82) is 0 Å². The van der Waals surface area contributed by atoms with E-state index in [0.717, 1.165) is 11.1 Å². The molecule has 3 aromatic carbocycles. The minimum atomic E-state index is -0.755. The van der Waals surface area contributed by atoms with Gasteiger partial charge in [0.15, 0.2) is 0 Å². The van der Waals surface area contributed by atoms with Crippen molar-refractivity contribution in [3.8, 4) is 11.5 Å². The molecule has 1 atom stereocenters. The number of hydrogen-bond acceptors (Lipinski definition) is 6. The van der Waals surface area contributed by atoms with Crippen molar-refractivity contribution in [2.45, 2.75) is 32.5 Å². The first-order valence-electron chi connectivity index (χ1n) is 13.1. The summed E-state index contributed by atoms with van der Waals surface area (Å²) in [5, 5.41) is 11.4. The van der Waals surface area contributed by atoms with Crippen molar-refractivity contribution in [2.24, 2.45) is 0 Å². The summed E-state index contributed by atoms with van der Waals surface area (Å²) in [6.45, 7) is 3.40. The lowest BCUT2D eigenvalue weighted by Crippen LogP contribution is -2.31. The van der Waals surface area contributed by atoms with E-state index >= 15 is 0 Å². The number of methoxy groups -OCH3 is 1. The second-order valence-corrected chi connectivity index (χ2v) is 9.73. The molecule has 1 fully saturated rings. The van der Waals surface area contributed by atoms with E-state index in [2.05, 4.69) is 11.1 Å². The highest BCUT2D eigenvalue weighted by Gasteiger charge is 2.45. The van der Waals surface area contributed by atoms with Crippen LogP contribution in [-0.4, -0.2) is 44.9 Å². The molecule has 0 radical (unpaired) electrons. The third-order valence-corrected chi connectivity index (χ3v) is 6.94. The highest BCUT2D eigenvalue weighted by Crippen LogP contribution is 2.40. The molecule has 8 nitrogen and oxygen atoms in total. The number of Topliss-reactive ketones (excluding diaryl/α,β-unsaturated/α-hetero) is 1. The van der Waals surface area contributed by atoms with Crippen LogP contribution in [0, 0.1) is 6.92 Å². The van der Waals surface area contributed by atoms with Gasteiger partial charge in [-0.3, -0.25) is 9.59 Å². The topological polar surface area (TPSA) is 93.9 Å². The maximum atomic E-state index is 13.3. The van der Waals surface area contributed by atoms with Gasteiger partial charge in [0.05, 0.1) is 25.1 Å². The number of aliphatic hydroxyl groups is 1. The van der Waals surface area contributed by atoms with Gasteiger partial charge < -0.3 is 24.0 Å². The Morgan fingerprint density at radius 1 is 0.975 bits per heavy atom. The summed E-state index contributed by atoms with van der Waals surface area (Å²) in [6, 6.07) is 21.4. The first-order chi connectivity index (χ1) is 19.4. The van der Waals surface area contributed by atoms with E-state index in [1.807, 2.05) is 42.0 Å². The number of imidazole rings is 1. The standard InChI is InChI=1S/C32H31N3O5/c1-22-6-3-7-23(18-22)20-40-26-12-10-24(11-13-26)30(36)28-29(25-8-4-9-27(19-25)39-2)35(32(38)31(28)37)16-5-15-34-17-14-33-21-34/h3-4,6-14,17-19,21,29,36H,5,15-16,20H2,1-2H3. The Hall–Kier alpha value is -4.85. The Bertz CT molecular complexity index is 1530. The van der Waals surface area contributed by atoms with Gasteiger partial charge in [0, 0.05) is 31.0 Å². The largest absolute Gasteiger partial charge is 0.507 e. The van der Waals surface area contributed by atoms with Gasteiger partial charge in [0.25, 0.3) is 11.7 Å². The van der Waals surface area contributed by atoms with Gasteiger partial charge in [-0.05, 0) is 60.9 Å². The van der Waals surface area contributed by atoms with Gasteiger partial charge in [-0.15, -0.1) is 0 Å². The predicted octanol–water partition coefficient (Wildman–Crippen LogP) is 5.29. The maximum Gasteiger partial charge on any atom is 0.295 e. The number of carbonyl (C=O) groups excluding carboxylic acids is 2. The van der Waals surface area contributed by atoms with Crippen LogP contribution in [0.3, 0.4) is 0 Å². The second-order valence-electron chi connectivity index (χ2n) is 9.73. The number of nitrogens with zero attached hydrogens (tertiary/aromatic N) is 3. The zero-order valence-corrected chi connectivity index (χ0v) is 22.5. The molecule has 1 unspecified atom stereocenters. The molecule has 1 saturated heterocycles. The van der Waals surface area contributed by atoms with Crippen molar-refractivity contribution < 1.29 is 24.2 Å². The highest BCUT2D eigenvalue weighted by atomic mass is 16.5. The number of benzene rings is 3. The molecule has 1 aliphatic rings. The molecule has 204 valence electrons. The Balaban J connectivity index is 1.42. The molecule has 0 bridgehead atoms. The average molecular weight is 538 g/mol. The van der Waals surface area contributed by atoms with Crippen molar-refractivity contribution in [1.82, 2.24) is 14.5 Å². The molecule has 8 heteroatoms. The van der Waals surface area contributed by atoms with Gasteiger partial charge >= 0.3 is 0 Å². The zero-order valence-electron chi connectivity index (χ0n) is 22.5. The molecule has 40 heavy (non-hydrogen) atoms. The SMILES string of the molecule is COc1cccc(C2C(=C(O)c3ccc(OCc4cccc(C)c4)cc3)C(=O)C(=O)N2CCCn2ccnc2)c1. The number of amides is 1. The lowest BCUT2D eigenvalue weighted by Gasteiger charge is -2.25. The van der Waals surface area contributed by atoms with Gasteiger partial charge in [-0.25, -0.2) is 4.98 Å². The zero-order chi connectivity index (χ0) is 28.1. The normalized spacial score (nSPS) is 16.4. The Labute approximate surface area is 233 Å². The van der Waals surface area contributed by atoms with Crippen LogP contribution in [0.1, 0.15) is 34.7 Å². The second kappa shape index (κ2) is 11.9. The molecular weight excluding hydrogens is 506 g/mol. The molecule has 0 aliphatic carbocycles. The van der Waals surface area contributed by atoms with E-state index in [4.69, 9.17) is 9.47 Å². The summed E-state index contributed by atoms with van der Waals surface area (Å²) in [6.07, 6.45) is 5.86. The number of aliphatic hydroxyl groups excluding tert-OH is 1. The number of carbonyl (C=O) groups is 2. The van der Waals surface area contributed by atoms with Gasteiger partial charge in [0.1, 0.15) is 23.9 Å². The van der Waals surface area contributed by atoms with Crippen LogP contribution in [0.15, 0.2) is 97.1 Å². The first kappa shape index (κ1) is 26.7. The Morgan fingerprint density at radius 3 is 2.50 bits per heavy atom. The van der Waals surface area contributed by atoms with Crippen molar-refractivity contribution in [3.05, 3.63) is 119 Å². The van der Waals surface area contributed by atoms with E-state index in [1.165, 1.54) is 4.90 Å². The molecule has 0 spiro atoms. The monoisotopic (exact) mass is 537 g/mol. The predicted molar refractivity (Wildman–Crippen MR) is 151 cm³/mol. The molecular formula is C32H31N3O5. The van der Waals surface area contributed by atoms with Crippen molar-refractivity contribution in [3.63, 3.8) is 0 Å². The van der Waals surface area contributed by atoms with Gasteiger partial charge in [0.2, 0.25) is 0 Å². The number of aryl methyl sites for hydroxylation is 2. The number of ether oxygens (including phenoxy) is 2. The summed E-state index contributed by atoms with van der Waals surface area (Å²) >= 11 is 0. The van der Waals surface area contributed by atoms with E-state index < -0.39 is 17.7 Å². The third-order valence-electron chi connectivity index (χ3n) is 6.94. The molecule has 1 aromatic heterocycles. The molecule has 2 heterocycles. The number of rotatable bonds is 10. The number of aromatic nitrogens is 2. The van der Waals surface area contributed by atoms with Crippen LogP contribution >= 0.6 is 0 Å². The minimum absolute atomic E-state index is 0.0503. The van der Waals surface area contributed by atoms with Crippen LogP contribution in [0.25, 0.3) is 5.76 Å². The number of hydrogen-bond donors (Lipinski definition) is 1. The van der Waals surface area contributed by atoms with Crippen molar-refractivity contribution >= 4 is 17.4 Å². The van der Waals surface area contributed by atoms with E-state index in [1.54, 1.807) is 62.1 Å². The quantitative estimate of drug-likeness (QED) is 0.168. The van der Waals surface area contributed by atoms with Crippen LogP contribution in [0.5, 0.6) is 11.5 Å². The summed E-state index contributed by atoms with van der Waals surface area (Å²) in [4.78, 5) is 32.2. The lowest BCUT2D eigenvalue weighted by molar-refractivity contribution is -0.139. The minimum Gasteiger partial charge on any atom is -0.507 e. The number of ketones is 1. The lowest BCUT2D eigenvalue weighted by atomic mass is 9.95. The first-order valence-corrected chi connectivity index (χ1v) is 13.1. The van der Waals surface area contributed by atoms with E-state index in [0.29, 0.717) is 48.7 Å². The maximum absolute atomic E-state index is 13.3. The van der Waals surface area contributed by atoms with Gasteiger partial charge in [-0.1, -0.05) is 42.0 Å². The number of likely N-dealkylation sites (tertiary alicyclic amines) is 1. The molecule has 1 N–H and O–H groups in total. The fraction of sp³-hybridized carbons (Fsp3) is 0.219. The highest BCUT2D eigenvalue weighted by molar-refractivity contribution is 6.46. The molecule has 4 aromatic rings. The van der Waals surface area contributed by atoms with Gasteiger partial charge in [-0.2, -0.15) is 0 Å². The van der Waals surface area contributed by atoms with E-state index in [-0.39, 0.29) is 11.3 Å².